The molecular weight excluding hydrogens is 1020 g/mol. The van der Waals surface area contributed by atoms with Gasteiger partial charge in [0.15, 0.2) is 29.9 Å². The van der Waals surface area contributed by atoms with Crippen LogP contribution in [-0.2, 0) is 36.6 Å². The summed E-state index contributed by atoms with van der Waals surface area (Å²) in [5.74, 6) is -6.37. The lowest BCUT2D eigenvalue weighted by Crippen LogP contribution is -2.55. The lowest BCUT2D eigenvalue weighted by atomic mass is 9.71. The number of aliphatic hydroxyl groups excluding tert-OH is 4. The van der Waals surface area contributed by atoms with Gasteiger partial charge in [-0.3, -0.25) is 24.0 Å². The Morgan fingerprint density at radius 3 is 1.55 bits per heavy atom. The van der Waals surface area contributed by atoms with Gasteiger partial charge in [0, 0.05) is 77.9 Å². The molecule has 2 aliphatic heterocycles. The largest absolute Gasteiger partial charge is 0.507 e. The first-order valence-electron chi connectivity index (χ1n) is 25.3. The van der Waals surface area contributed by atoms with E-state index in [0.29, 0.717) is 6.42 Å². The number of phenols is 4. The van der Waals surface area contributed by atoms with Crippen LogP contribution in [0, 0.1) is 5.92 Å². The van der Waals surface area contributed by atoms with E-state index in [4.69, 9.17) is 39.9 Å². The molecule has 0 amide bonds. The third kappa shape index (κ3) is 9.10. The minimum Gasteiger partial charge on any atom is -0.507 e. The van der Waals surface area contributed by atoms with Crippen molar-refractivity contribution in [1.82, 2.24) is 0 Å². The number of carbonyl (C=O) groups is 5. The van der Waals surface area contributed by atoms with Crippen molar-refractivity contribution >= 4 is 28.9 Å². The predicted molar refractivity (Wildman–Crippen MR) is 268 cm³/mol. The molecule has 4 aliphatic carbocycles. The molecule has 0 spiro atoms. The Hall–Kier alpha value is -6.45. The molecule has 6 aliphatic rings. The van der Waals surface area contributed by atoms with Gasteiger partial charge in [0.2, 0.25) is 11.6 Å². The fourth-order valence-electron chi connectivity index (χ4n) is 11.8. The molecule has 2 heterocycles. The number of hydrogen-bond acceptors (Lipinski definition) is 23. The highest BCUT2D eigenvalue weighted by molar-refractivity contribution is 6.32. The van der Waals surface area contributed by atoms with E-state index in [0.717, 1.165) is 0 Å². The van der Waals surface area contributed by atoms with E-state index < -0.39 is 167 Å². The number of fused-ring (bicyclic) bond motifs is 6. The van der Waals surface area contributed by atoms with Crippen molar-refractivity contribution in [3.8, 4) is 34.5 Å². The summed E-state index contributed by atoms with van der Waals surface area (Å²) in [6.45, 7) is 3.51. The first-order chi connectivity index (χ1) is 36.9. The number of ether oxygens (including phenoxy) is 6. The molecule has 2 fully saturated rings. The SMILES string of the molecule is COc1cccc2c1C(=O)c1c(O)c3c(c(O)c1C2=O)C[C@@](O)(C(=O)CO)C[C@@H]3OC1CC(N)C(O)C(C)O1.COc1cccc2c1C(=O)c1c(O)c3c(c(O)c1C2=O)C[C@@](O)(C(N)CO)C[C@@H]3OC1CC(C)C(O)C(C)O1. The van der Waals surface area contributed by atoms with Gasteiger partial charge in [-0.1, -0.05) is 31.2 Å². The minimum atomic E-state index is -2.24. The molecule has 13 atom stereocenters. The van der Waals surface area contributed by atoms with Gasteiger partial charge in [-0.2, -0.15) is 0 Å². The quantitative estimate of drug-likeness (QED) is 0.0854. The topological polar surface area (TPSA) is 395 Å². The second-order valence-corrected chi connectivity index (χ2v) is 20.9. The molecule has 0 bridgehead atoms. The Kier molecular flexibility index (Phi) is 15.1. The van der Waals surface area contributed by atoms with E-state index in [1.165, 1.54) is 50.6 Å². The van der Waals surface area contributed by atoms with Crippen LogP contribution in [0.2, 0.25) is 0 Å². The zero-order chi connectivity index (χ0) is 56.8. The van der Waals surface area contributed by atoms with Crippen molar-refractivity contribution in [3.63, 3.8) is 0 Å². The number of carbonyl (C=O) groups excluding carboxylic acids is 5. The maximum atomic E-state index is 13.7. The number of nitrogens with two attached hydrogens (primary N) is 2. The molecule has 0 saturated carbocycles. The smallest absolute Gasteiger partial charge is 0.202 e. The summed E-state index contributed by atoms with van der Waals surface area (Å²) in [6, 6.07) is 6.97. The average molecular weight is 1090 g/mol. The van der Waals surface area contributed by atoms with Crippen LogP contribution in [0.5, 0.6) is 34.5 Å². The van der Waals surface area contributed by atoms with Gasteiger partial charge in [-0.25, -0.2) is 0 Å². The monoisotopic (exact) mass is 1090 g/mol. The molecule has 9 unspecified atom stereocenters. The molecule has 14 N–H and O–H groups in total. The van der Waals surface area contributed by atoms with Crippen molar-refractivity contribution in [1.29, 1.82) is 0 Å². The molecule has 23 heteroatoms. The Balaban J connectivity index is 0.000000190. The average Bonchev–Trinajstić information content (AvgIpc) is 3.59. The minimum absolute atomic E-state index is 0.00423. The number of methoxy groups -OCH3 is 2. The van der Waals surface area contributed by atoms with Crippen LogP contribution in [0.15, 0.2) is 36.4 Å². The van der Waals surface area contributed by atoms with Crippen molar-refractivity contribution in [2.75, 3.05) is 27.4 Å². The number of aromatic hydroxyl groups is 4. The van der Waals surface area contributed by atoms with E-state index in [1.54, 1.807) is 13.8 Å². The summed E-state index contributed by atoms with van der Waals surface area (Å²) in [5.41, 5.74) is 5.85. The zero-order valence-corrected chi connectivity index (χ0v) is 43.1. The van der Waals surface area contributed by atoms with Gasteiger partial charge < -0.3 is 91.0 Å². The van der Waals surface area contributed by atoms with Crippen molar-refractivity contribution in [2.24, 2.45) is 17.4 Å². The van der Waals surface area contributed by atoms with Crippen LogP contribution < -0.4 is 20.9 Å². The predicted octanol–water partition coefficient (Wildman–Crippen LogP) is 1.07. The molecule has 418 valence electrons. The molecule has 78 heavy (non-hydrogen) atoms. The first kappa shape index (κ1) is 56.3. The summed E-state index contributed by atoms with van der Waals surface area (Å²) in [6.07, 6.45) is -8.64. The number of rotatable bonds is 10. The van der Waals surface area contributed by atoms with E-state index in [2.05, 4.69) is 0 Å². The number of ketones is 5. The van der Waals surface area contributed by atoms with Gasteiger partial charge in [-0.15, -0.1) is 0 Å². The van der Waals surface area contributed by atoms with Crippen LogP contribution in [0.1, 0.15) is 145 Å². The summed E-state index contributed by atoms with van der Waals surface area (Å²) in [5, 5.41) is 108. The molecule has 4 aromatic carbocycles. The highest BCUT2D eigenvalue weighted by Gasteiger charge is 2.52. The van der Waals surface area contributed by atoms with Crippen LogP contribution in [-0.4, -0.2) is 168 Å². The van der Waals surface area contributed by atoms with Crippen LogP contribution in [0.25, 0.3) is 0 Å². The lowest BCUT2D eigenvalue weighted by Gasteiger charge is -2.44. The highest BCUT2D eigenvalue weighted by Crippen LogP contribution is 2.55. The number of phenolic OH excluding ortho intramolecular Hbond substituents is 4. The van der Waals surface area contributed by atoms with Gasteiger partial charge in [0.25, 0.3) is 0 Å². The molecular formula is C55H62N2O21. The van der Waals surface area contributed by atoms with Crippen molar-refractivity contribution < 1.29 is 103 Å². The third-order valence-electron chi connectivity index (χ3n) is 16.1. The highest BCUT2D eigenvalue weighted by atomic mass is 16.7. The molecule has 2 saturated heterocycles. The van der Waals surface area contributed by atoms with E-state index in [1.807, 2.05) is 6.92 Å². The van der Waals surface area contributed by atoms with Crippen LogP contribution >= 0.6 is 0 Å². The number of aliphatic hydroxyl groups is 6. The number of benzene rings is 4. The molecule has 23 nitrogen and oxygen atoms in total. The van der Waals surface area contributed by atoms with E-state index in [-0.39, 0.29) is 86.8 Å². The fourth-order valence-corrected chi connectivity index (χ4v) is 11.8. The third-order valence-corrected chi connectivity index (χ3v) is 16.1. The number of hydrogen-bond donors (Lipinski definition) is 12. The second-order valence-electron chi connectivity index (χ2n) is 20.9. The number of Topliss-reactive ketones (excluding diaryl/α,β-unsaturated/α-hetero) is 1. The zero-order valence-electron chi connectivity index (χ0n) is 43.1. The Labute approximate surface area is 445 Å². The van der Waals surface area contributed by atoms with E-state index >= 15 is 0 Å². The van der Waals surface area contributed by atoms with Crippen molar-refractivity contribution in [2.45, 2.75) is 132 Å². The standard InChI is InChI=1S/C28H33NO10.C27H29NO11/c1-11-7-18(38-12(2)23(11)31)39-16-9-28(36,17(29)10-30)8-14-20(16)27(35)22-21(25(14)33)24(32)13-5-4-6-15(37-3)19(13)26(22)34;1-10-22(31)13(28)6-17(38-10)39-15-8-27(36,16(30)9-29)7-12-19(15)26(35)21-20(24(12)33)23(32)11-4-3-5-14(37-2)18(11)25(21)34/h4-6,11-12,16-18,23,30-31,33,35-36H,7-10,29H2,1-3H3;3-5,10,13,15,17,22,29,31,33,35-36H,6-9,28H2,1-2H3/t11?,12?,16-,17?,18?,23?,28-;10?,13?,15-,17?,22?,27-/m00/s1. The summed E-state index contributed by atoms with van der Waals surface area (Å²) < 4.78 is 34.3. The maximum Gasteiger partial charge on any atom is 0.202 e. The van der Waals surface area contributed by atoms with Gasteiger partial charge in [0.05, 0.1) is 102 Å². The molecule has 4 aromatic rings. The Morgan fingerprint density at radius 2 is 1.10 bits per heavy atom. The summed E-state index contributed by atoms with van der Waals surface area (Å²) in [7, 11) is 2.67. The second kappa shape index (κ2) is 21.0. The molecule has 0 radical (unpaired) electrons. The van der Waals surface area contributed by atoms with Crippen LogP contribution in [0.3, 0.4) is 0 Å². The fraction of sp³-hybridized carbons (Fsp3) is 0.473. The maximum absolute atomic E-state index is 13.7. The molecule has 10 rings (SSSR count). The van der Waals surface area contributed by atoms with Crippen molar-refractivity contribution in [3.05, 3.63) is 103 Å². The van der Waals surface area contributed by atoms with Gasteiger partial charge in [-0.05, 0) is 31.9 Å². The summed E-state index contributed by atoms with van der Waals surface area (Å²) in [4.78, 5) is 67.0. The lowest BCUT2D eigenvalue weighted by molar-refractivity contribution is -0.256. The normalized spacial score (nSPS) is 30.3. The Morgan fingerprint density at radius 1 is 0.654 bits per heavy atom. The van der Waals surface area contributed by atoms with Gasteiger partial charge >= 0.3 is 0 Å². The van der Waals surface area contributed by atoms with E-state index in [9.17, 15) is 75.0 Å². The Bertz CT molecular complexity index is 3120. The molecule has 0 aromatic heterocycles. The summed E-state index contributed by atoms with van der Waals surface area (Å²) >= 11 is 0. The van der Waals surface area contributed by atoms with Gasteiger partial charge in [0.1, 0.15) is 46.7 Å². The van der Waals surface area contributed by atoms with Crippen LogP contribution in [0.4, 0.5) is 0 Å². The first-order valence-corrected chi connectivity index (χ1v) is 25.3.